The number of hydrogen-bond acceptors (Lipinski definition) is 4. The SMILES string of the molecule is COCCOc1cc(C)ccc1CNC(=O)N1CCC(C(=O)O)C1. The van der Waals surface area contributed by atoms with Crippen molar-refractivity contribution < 1.29 is 24.2 Å². The number of aryl methyl sites for hydroxylation is 1. The summed E-state index contributed by atoms with van der Waals surface area (Å²) in [7, 11) is 1.61. The van der Waals surface area contributed by atoms with E-state index in [1.165, 1.54) is 0 Å². The summed E-state index contributed by atoms with van der Waals surface area (Å²) in [6.07, 6.45) is 0.499. The van der Waals surface area contributed by atoms with Crippen molar-refractivity contribution in [3.63, 3.8) is 0 Å². The second kappa shape index (κ2) is 8.54. The van der Waals surface area contributed by atoms with Crippen molar-refractivity contribution in [2.75, 3.05) is 33.4 Å². The van der Waals surface area contributed by atoms with Gasteiger partial charge in [-0.15, -0.1) is 0 Å². The van der Waals surface area contributed by atoms with Crippen LogP contribution in [0.2, 0.25) is 0 Å². The first-order valence-electron chi connectivity index (χ1n) is 7.98. The quantitative estimate of drug-likeness (QED) is 0.739. The van der Waals surface area contributed by atoms with Gasteiger partial charge in [-0.3, -0.25) is 4.79 Å². The van der Waals surface area contributed by atoms with Crippen LogP contribution in [-0.4, -0.2) is 55.4 Å². The number of carboxylic acid groups (broad SMARTS) is 1. The fraction of sp³-hybridized carbons (Fsp3) is 0.529. The van der Waals surface area contributed by atoms with Gasteiger partial charge in [0.1, 0.15) is 12.4 Å². The predicted molar refractivity (Wildman–Crippen MR) is 88.1 cm³/mol. The third-order valence-corrected chi connectivity index (χ3v) is 4.02. The van der Waals surface area contributed by atoms with Gasteiger partial charge in [0, 0.05) is 32.3 Å². The van der Waals surface area contributed by atoms with Crippen molar-refractivity contribution in [1.29, 1.82) is 0 Å². The number of amides is 2. The van der Waals surface area contributed by atoms with Gasteiger partial charge in [0.15, 0.2) is 0 Å². The topological polar surface area (TPSA) is 88.1 Å². The van der Waals surface area contributed by atoms with Gasteiger partial charge in [0.2, 0.25) is 0 Å². The molecule has 0 radical (unpaired) electrons. The summed E-state index contributed by atoms with van der Waals surface area (Å²) in [4.78, 5) is 24.7. The van der Waals surface area contributed by atoms with Crippen LogP contribution in [0, 0.1) is 12.8 Å². The Balaban J connectivity index is 1.91. The number of nitrogens with one attached hydrogen (secondary N) is 1. The van der Waals surface area contributed by atoms with Gasteiger partial charge in [-0.1, -0.05) is 12.1 Å². The van der Waals surface area contributed by atoms with E-state index in [4.69, 9.17) is 14.6 Å². The number of urea groups is 1. The highest BCUT2D eigenvalue weighted by atomic mass is 16.5. The average Bonchev–Trinajstić information content (AvgIpc) is 3.04. The smallest absolute Gasteiger partial charge is 0.317 e. The van der Waals surface area contributed by atoms with Crippen LogP contribution >= 0.6 is 0 Å². The van der Waals surface area contributed by atoms with E-state index in [2.05, 4.69) is 5.32 Å². The van der Waals surface area contributed by atoms with E-state index in [9.17, 15) is 9.59 Å². The molecule has 2 rings (SSSR count). The van der Waals surface area contributed by atoms with Crippen LogP contribution in [0.15, 0.2) is 18.2 Å². The van der Waals surface area contributed by atoms with Crippen LogP contribution in [0.5, 0.6) is 5.75 Å². The van der Waals surface area contributed by atoms with E-state index in [0.29, 0.717) is 32.7 Å². The molecule has 1 aliphatic heterocycles. The van der Waals surface area contributed by atoms with Crippen molar-refractivity contribution in [1.82, 2.24) is 10.2 Å². The van der Waals surface area contributed by atoms with E-state index in [1.54, 1.807) is 12.0 Å². The summed E-state index contributed by atoms with van der Waals surface area (Å²) in [5, 5.41) is 11.8. The van der Waals surface area contributed by atoms with Gasteiger partial charge >= 0.3 is 12.0 Å². The van der Waals surface area contributed by atoms with Gasteiger partial charge in [0.25, 0.3) is 0 Å². The number of nitrogens with zero attached hydrogens (tertiary/aromatic N) is 1. The molecule has 132 valence electrons. The molecule has 0 aromatic heterocycles. The predicted octanol–water partition coefficient (Wildman–Crippen LogP) is 1.64. The molecule has 0 aliphatic carbocycles. The molecule has 1 atom stereocenters. The first-order valence-corrected chi connectivity index (χ1v) is 7.98. The highest BCUT2D eigenvalue weighted by molar-refractivity contribution is 5.77. The first kappa shape index (κ1) is 18.1. The molecule has 2 N–H and O–H groups in total. The van der Waals surface area contributed by atoms with Crippen molar-refractivity contribution in [2.24, 2.45) is 5.92 Å². The van der Waals surface area contributed by atoms with Gasteiger partial charge in [-0.05, 0) is 25.0 Å². The number of hydrogen-bond donors (Lipinski definition) is 2. The molecule has 1 fully saturated rings. The summed E-state index contributed by atoms with van der Waals surface area (Å²) < 4.78 is 10.7. The molecule has 1 aromatic carbocycles. The summed E-state index contributed by atoms with van der Waals surface area (Å²) in [6, 6.07) is 5.55. The minimum atomic E-state index is -0.849. The van der Waals surface area contributed by atoms with Crippen LogP contribution in [0.3, 0.4) is 0 Å². The number of carbonyl (C=O) groups excluding carboxylic acids is 1. The maximum atomic E-state index is 12.2. The van der Waals surface area contributed by atoms with Crippen LogP contribution in [0.25, 0.3) is 0 Å². The largest absolute Gasteiger partial charge is 0.491 e. The lowest BCUT2D eigenvalue weighted by atomic mass is 10.1. The van der Waals surface area contributed by atoms with Gasteiger partial charge in [-0.25, -0.2) is 4.79 Å². The van der Waals surface area contributed by atoms with Crippen LogP contribution in [0.4, 0.5) is 4.79 Å². The van der Waals surface area contributed by atoms with E-state index < -0.39 is 11.9 Å². The molecule has 7 heteroatoms. The molecule has 24 heavy (non-hydrogen) atoms. The summed E-state index contributed by atoms with van der Waals surface area (Å²) in [6.45, 7) is 3.95. The van der Waals surface area contributed by atoms with Crippen molar-refractivity contribution in [3.05, 3.63) is 29.3 Å². The zero-order valence-electron chi connectivity index (χ0n) is 14.1. The lowest BCUT2D eigenvalue weighted by Crippen LogP contribution is -2.38. The Kier molecular flexibility index (Phi) is 6.43. The minimum Gasteiger partial charge on any atom is -0.491 e. The van der Waals surface area contributed by atoms with Gasteiger partial charge in [-0.2, -0.15) is 0 Å². The molecule has 1 saturated heterocycles. The monoisotopic (exact) mass is 336 g/mol. The second-order valence-electron chi connectivity index (χ2n) is 5.88. The fourth-order valence-electron chi connectivity index (χ4n) is 2.61. The molecule has 0 spiro atoms. The molecular formula is C17H24N2O5. The first-order chi connectivity index (χ1) is 11.5. The Morgan fingerprint density at radius 1 is 1.38 bits per heavy atom. The standard InChI is InChI=1S/C17H24N2O5/c1-12-3-4-13(15(9-12)24-8-7-23-2)10-18-17(22)19-6-5-14(11-19)16(20)21/h3-4,9,14H,5-8,10-11H2,1-2H3,(H,18,22)(H,20,21). The Morgan fingerprint density at radius 3 is 2.83 bits per heavy atom. The molecule has 0 bridgehead atoms. The van der Waals surface area contributed by atoms with Gasteiger partial charge < -0.3 is 24.8 Å². The van der Waals surface area contributed by atoms with Crippen LogP contribution < -0.4 is 10.1 Å². The highest BCUT2D eigenvalue weighted by Crippen LogP contribution is 2.21. The second-order valence-corrected chi connectivity index (χ2v) is 5.88. The molecular weight excluding hydrogens is 312 g/mol. The maximum Gasteiger partial charge on any atom is 0.317 e. The normalized spacial score (nSPS) is 16.9. The molecule has 1 unspecified atom stereocenters. The van der Waals surface area contributed by atoms with E-state index >= 15 is 0 Å². The molecule has 1 aliphatic rings. The van der Waals surface area contributed by atoms with E-state index in [1.807, 2.05) is 25.1 Å². The third kappa shape index (κ3) is 4.86. The highest BCUT2D eigenvalue weighted by Gasteiger charge is 2.30. The zero-order valence-corrected chi connectivity index (χ0v) is 14.1. The maximum absolute atomic E-state index is 12.2. The van der Waals surface area contributed by atoms with Crippen LogP contribution in [-0.2, 0) is 16.1 Å². The average molecular weight is 336 g/mol. The van der Waals surface area contributed by atoms with Crippen molar-refractivity contribution in [3.8, 4) is 5.75 Å². The Bertz CT molecular complexity index is 590. The third-order valence-electron chi connectivity index (χ3n) is 4.02. The number of rotatable bonds is 7. The fourth-order valence-corrected chi connectivity index (χ4v) is 2.61. The number of likely N-dealkylation sites (tertiary alicyclic amines) is 1. The number of carboxylic acids is 1. The molecule has 2 amide bonds. The van der Waals surface area contributed by atoms with Crippen molar-refractivity contribution >= 4 is 12.0 Å². The van der Waals surface area contributed by atoms with E-state index in [0.717, 1.165) is 16.9 Å². The molecule has 0 saturated carbocycles. The molecule has 1 heterocycles. The van der Waals surface area contributed by atoms with Crippen molar-refractivity contribution in [2.45, 2.75) is 19.9 Å². The lowest BCUT2D eigenvalue weighted by molar-refractivity contribution is -0.141. The number of carbonyl (C=O) groups is 2. The number of methoxy groups -OCH3 is 1. The number of aliphatic carboxylic acids is 1. The number of ether oxygens (including phenoxy) is 2. The van der Waals surface area contributed by atoms with Crippen LogP contribution in [0.1, 0.15) is 17.5 Å². The lowest BCUT2D eigenvalue weighted by Gasteiger charge is -2.18. The number of benzene rings is 1. The molecule has 7 nitrogen and oxygen atoms in total. The van der Waals surface area contributed by atoms with Gasteiger partial charge in [0.05, 0.1) is 12.5 Å². The Labute approximate surface area is 141 Å². The summed E-state index contributed by atoms with van der Waals surface area (Å²) in [5.74, 6) is -0.599. The summed E-state index contributed by atoms with van der Waals surface area (Å²) in [5.41, 5.74) is 1.94. The summed E-state index contributed by atoms with van der Waals surface area (Å²) >= 11 is 0. The Morgan fingerprint density at radius 2 is 2.17 bits per heavy atom. The Hall–Kier alpha value is -2.28. The zero-order chi connectivity index (χ0) is 17.5. The van der Waals surface area contributed by atoms with E-state index in [-0.39, 0.29) is 12.6 Å². The molecule has 1 aromatic rings. The minimum absolute atomic E-state index is 0.248.